The molecular weight excluding hydrogens is 394 g/mol. The zero-order chi connectivity index (χ0) is 21.7. The van der Waals surface area contributed by atoms with Gasteiger partial charge in [-0.25, -0.2) is 9.97 Å². The number of amides is 1. The summed E-state index contributed by atoms with van der Waals surface area (Å²) in [6.45, 7) is 1.11. The number of nitrogens with zero attached hydrogens (tertiary/aromatic N) is 5. The Morgan fingerprint density at radius 1 is 1.16 bits per heavy atom. The molecule has 10 heteroatoms. The van der Waals surface area contributed by atoms with Crippen molar-refractivity contribution in [2.75, 3.05) is 24.2 Å². The molecule has 2 aromatic heterocycles. The lowest BCUT2D eigenvalue weighted by atomic mass is 9.74. The normalized spacial score (nSPS) is 23.0. The monoisotopic (exact) mass is 421 g/mol. The molecule has 2 aliphatic rings. The third-order valence-electron chi connectivity index (χ3n) is 6.14. The molecule has 1 aliphatic heterocycles. The SMILES string of the molecule is CNC(=O)c1nnc(Nc2cnc(C#N)cn2)cc1NC1CCC2(CCCCN2)CC1. The largest absolute Gasteiger partial charge is 0.380 e. The molecule has 4 rings (SSSR count). The van der Waals surface area contributed by atoms with Crippen molar-refractivity contribution < 1.29 is 4.79 Å². The number of nitrogens with one attached hydrogen (secondary N) is 4. The quantitative estimate of drug-likeness (QED) is 0.571. The minimum atomic E-state index is -0.291. The molecule has 0 radical (unpaired) electrons. The molecule has 1 amide bonds. The highest BCUT2D eigenvalue weighted by molar-refractivity contribution is 5.97. The van der Waals surface area contributed by atoms with E-state index in [0.717, 1.165) is 32.2 Å². The highest BCUT2D eigenvalue weighted by atomic mass is 16.1. The minimum absolute atomic E-state index is 0.233. The number of carbonyl (C=O) groups excluding carboxylic acids is 1. The Morgan fingerprint density at radius 3 is 2.65 bits per heavy atom. The van der Waals surface area contributed by atoms with E-state index < -0.39 is 0 Å². The van der Waals surface area contributed by atoms with Crippen LogP contribution in [0.4, 0.5) is 17.3 Å². The van der Waals surface area contributed by atoms with Gasteiger partial charge in [0.2, 0.25) is 0 Å². The first-order valence-electron chi connectivity index (χ1n) is 10.7. The van der Waals surface area contributed by atoms with Crippen LogP contribution in [0.3, 0.4) is 0 Å². The summed E-state index contributed by atoms with van der Waals surface area (Å²) in [5.74, 6) is 0.589. The van der Waals surface area contributed by atoms with Crippen molar-refractivity contribution in [2.24, 2.45) is 0 Å². The lowest BCUT2D eigenvalue weighted by Gasteiger charge is -2.44. The molecule has 162 valence electrons. The number of anilines is 3. The predicted molar refractivity (Wildman–Crippen MR) is 116 cm³/mol. The van der Waals surface area contributed by atoms with Crippen LogP contribution in [-0.4, -0.2) is 51.2 Å². The van der Waals surface area contributed by atoms with Crippen LogP contribution < -0.4 is 21.3 Å². The average Bonchev–Trinajstić information content (AvgIpc) is 2.81. The third kappa shape index (κ3) is 4.88. The topological polar surface area (TPSA) is 141 Å². The molecule has 31 heavy (non-hydrogen) atoms. The van der Waals surface area contributed by atoms with Crippen molar-refractivity contribution in [2.45, 2.75) is 56.5 Å². The van der Waals surface area contributed by atoms with Crippen molar-refractivity contribution in [3.8, 4) is 6.07 Å². The molecular formula is C21H27N9O. The highest BCUT2D eigenvalue weighted by Gasteiger charge is 2.36. The number of hydrogen-bond donors (Lipinski definition) is 4. The van der Waals surface area contributed by atoms with Crippen molar-refractivity contribution in [1.29, 1.82) is 5.26 Å². The van der Waals surface area contributed by atoms with Crippen LogP contribution in [0, 0.1) is 11.3 Å². The molecule has 10 nitrogen and oxygen atoms in total. The first-order chi connectivity index (χ1) is 15.1. The maximum absolute atomic E-state index is 12.3. The van der Waals surface area contributed by atoms with E-state index in [2.05, 4.69) is 41.4 Å². The zero-order valence-electron chi connectivity index (χ0n) is 17.6. The highest BCUT2D eigenvalue weighted by Crippen LogP contribution is 2.36. The van der Waals surface area contributed by atoms with Gasteiger partial charge in [0, 0.05) is 24.7 Å². The molecule has 0 aromatic carbocycles. The molecule has 0 atom stereocenters. The number of hydrogen-bond acceptors (Lipinski definition) is 9. The average molecular weight is 422 g/mol. The van der Waals surface area contributed by atoms with Gasteiger partial charge in [0.05, 0.1) is 18.1 Å². The van der Waals surface area contributed by atoms with Crippen LogP contribution in [-0.2, 0) is 0 Å². The molecule has 1 saturated heterocycles. The molecule has 0 bridgehead atoms. The Bertz CT molecular complexity index is 954. The Kier molecular flexibility index (Phi) is 6.23. The van der Waals surface area contributed by atoms with E-state index >= 15 is 0 Å². The van der Waals surface area contributed by atoms with Gasteiger partial charge < -0.3 is 21.3 Å². The van der Waals surface area contributed by atoms with Gasteiger partial charge >= 0.3 is 0 Å². The van der Waals surface area contributed by atoms with Gasteiger partial charge in [0.25, 0.3) is 5.91 Å². The van der Waals surface area contributed by atoms with Gasteiger partial charge in [-0.2, -0.15) is 5.26 Å². The summed E-state index contributed by atoms with van der Waals surface area (Å²) < 4.78 is 0. The molecule has 0 unspecified atom stereocenters. The van der Waals surface area contributed by atoms with E-state index in [1.54, 1.807) is 13.1 Å². The molecule has 1 saturated carbocycles. The Balaban J connectivity index is 1.48. The number of piperidine rings is 1. The summed E-state index contributed by atoms with van der Waals surface area (Å²) in [6, 6.07) is 3.96. The summed E-state index contributed by atoms with van der Waals surface area (Å²) in [5.41, 5.74) is 1.42. The van der Waals surface area contributed by atoms with E-state index in [9.17, 15) is 4.79 Å². The van der Waals surface area contributed by atoms with Crippen LogP contribution in [0.15, 0.2) is 18.5 Å². The first kappa shape index (κ1) is 20.9. The van der Waals surface area contributed by atoms with E-state index in [4.69, 9.17) is 5.26 Å². The first-order valence-corrected chi connectivity index (χ1v) is 10.7. The minimum Gasteiger partial charge on any atom is -0.380 e. The Labute approximate surface area is 181 Å². The van der Waals surface area contributed by atoms with E-state index in [0.29, 0.717) is 17.3 Å². The summed E-state index contributed by atoms with van der Waals surface area (Å²) in [6.07, 6.45) is 11.0. The van der Waals surface area contributed by atoms with Gasteiger partial charge in [0.1, 0.15) is 11.9 Å². The lowest BCUT2D eigenvalue weighted by molar-refractivity contribution is 0.0958. The van der Waals surface area contributed by atoms with Crippen molar-refractivity contribution in [1.82, 2.24) is 30.8 Å². The van der Waals surface area contributed by atoms with Crippen LogP contribution in [0.5, 0.6) is 0 Å². The van der Waals surface area contributed by atoms with Crippen molar-refractivity contribution in [3.05, 3.63) is 29.8 Å². The fourth-order valence-corrected chi connectivity index (χ4v) is 4.42. The molecule has 1 aliphatic carbocycles. The van der Waals surface area contributed by atoms with Gasteiger partial charge in [-0.15, -0.1) is 10.2 Å². The number of nitriles is 1. The maximum Gasteiger partial charge on any atom is 0.273 e. The van der Waals surface area contributed by atoms with Crippen molar-refractivity contribution >= 4 is 23.2 Å². The fraction of sp³-hybridized carbons (Fsp3) is 0.524. The standard InChI is InChI=1S/C21H27N9O/c1-23-20(31)19-16(27-14-4-7-21(8-5-14)6-2-3-9-26-21)10-17(29-30-19)28-18-13-24-15(11-22)12-25-18/h10,12-14,26H,2-9H2,1H3,(H,23,31)(H2,25,27,28,29). The van der Waals surface area contributed by atoms with E-state index in [-0.39, 0.29) is 28.9 Å². The second-order valence-corrected chi connectivity index (χ2v) is 8.18. The van der Waals surface area contributed by atoms with Gasteiger partial charge in [-0.05, 0) is 45.1 Å². The molecule has 4 N–H and O–H groups in total. The second kappa shape index (κ2) is 9.22. The third-order valence-corrected chi connectivity index (χ3v) is 6.14. The Morgan fingerprint density at radius 2 is 2.00 bits per heavy atom. The summed E-state index contributed by atoms with van der Waals surface area (Å²) >= 11 is 0. The van der Waals surface area contributed by atoms with Crippen molar-refractivity contribution in [3.63, 3.8) is 0 Å². The van der Waals surface area contributed by atoms with E-state index in [1.807, 2.05) is 6.07 Å². The summed E-state index contributed by atoms with van der Waals surface area (Å²) in [4.78, 5) is 20.5. The van der Waals surface area contributed by atoms with E-state index in [1.165, 1.54) is 31.7 Å². The van der Waals surface area contributed by atoms with Crippen LogP contribution in [0.2, 0.25) is 0 Å². The van der Waals surface area contributed by atoms with Crippen LogP contribution in [0.1, 0.15) is 61.1 Å². The number of aromatic nitrogens is 4. The van der Waals surface area contributed by atoms with Gasteiger partial charge in [0.15, 0.2) is 17.2 Å². The Hall–Kier alpha value is -3.32. The van der Waals surface area contributed by atoms with Gasteiger partial charge in [-0.3, -0.25) is 4.79 Å². The summed E-state index contributed by atoms with van der Waals surface area (Å²) in [7, 11) is 1.57. The zero-order valence-corrected chi connectivity index (χ0v) is 17.6. The molecule has 1 spiro atoms. The molecule has 2 fully saturated rings. The number of carbonyl (C=O) groups is 1. The number of rotatable bonds is 5. The smallest absolute Gasteiger partial charge is 0.273 e. The molecule has 3 heterocycles. The van der Waals surface area contributed by atoms with Crippen LogP contribution >= 0.6 is 0 Å². The lowest BCUT2D eigenvalue weighted by Crippen LogP contribution is -2.52. The van der Waals surface area contributed by atoms with Gasteiger partial charge in [-0.1, -0.05) is 6.42 Å². The summed E-state index contributed by atoms with van der Waals surface area (Å²) in [5, 5.41) is 30.0. The van der Waals surface area contributed by atoms with Crippen LogP contribution in [0.25, 0.3) is 0 Å². The fourth-order valence-electron chi connectivity index (χ4n) is 4.42. The predicted octanol–water partition coefficient (Wildman–Crippen LogP) is 2.11. The second-order valence-electron chi connectivity index (χ2n) is 8.18. The maximum atomic E-state index is 12.3. The molecule has 2 aromatic rings.